The second-order valence-corrected chi connectivity index (χ2v) is 7.01. The number of ether oxygens (including phenoxy) is 1. The molecule has 2 aliphatic rings. The van der Waals surface area contributed by atoms with Crippen LogP contribution in [-0.2, 0) is 14.8 Å². The van der Waals surface area contributed by atoms with Gasteiger partial charge in [0.15, 0.2) is 0 Å². The van der Waals surface area contributed by atoms with E-state index in [1.165, 1.54) is 0 Å². The summed E-state index contributed by atoms with van der Waals surface area (Å²) < 4.78 is 32.6. The third kappa shape index (κ3) is 3.64. The molecular weight excluding hydrogens is 240 g/mol. The van der Waals surface area contributed by atoms with E-state index in [0.29, 0.717) is 19.4 Å². The first-order valence-corrected chi connectivity index (χ1v) is 7.96. The molecule has 0 radical (unpaired) electrons. The molecule has 0 saturated carbocycles. The molecule has 0 aromatic rings. The summed E-state index contributed by atoms with van der Waals surface area (Å²) in [5.41, 5.74) is 0. The van der Waals surface area contributed by atoms with E-state index in [4.69, 9.17) is 4.74 Å². The topological polar surface area (TPSA) is 67.4 Å². The number of hydrogen-bond acceptors (Lipinski definition) is 4. The Hall–Kier alpha value is -0.170. The highest BCUT2D eigenvalue weighted by atomic mass is 32.2. The van der Waals surface area contributed by atoms with E-state index in [2.05, 4.69) is 10.0 Å². The summed E-state index contributed by atoms with van der Waals surface area (Å²) in [4.78, 5) is 0. The molecule has 2 heterocycles. The molecule has 5 nitrogen and oxygen atoms in total. The number of piperidine rings is 1. The third-order valence-corrected chi connectivity index (χ3v) is 5.55. The van der Waals surface area contributed by atoms with Gasteiger partial charge in [0.05, 0.1) is 11.4 Å². The SMILES string of the molecule is CC1CC(NS(=O)(=O)C2CCNCC2)CCO1. The summed E-state index contributed by atoms with van der Waals surface area (Å²) in [6, 6.07) is 0.0543. The Morgan fingerprint density at radius 3 is 2.59 bits per heavy atom. The second-order valence-electron chi connectivity index (χ2n) is 5.01. The van der Waals surface area contributed by atoms with Gasteiger partial charge in [-0.25, -0.2) is 13.1 Å². The zero-order valence-corrected chi connectivity index (χ0v) is 11.1. The summed E-state index contributed by atoms with van der Waals surface area (Å²) in [5, 5.41) is 2.96. The maximum Gasteiger partial charge on any atom is 0.214 e. The van der Waals surface area contributed by atoms with E-state index in [9.17, 15) is 8.42 Å². The van der Waals surface area contributed by atoms with Crippen LogP contribution < -0.4 is 10.0 Å². The van der Waals surface area contributed by atoms with Gasteiger partial charge in [0.2, 0.25) is 10.0 Å². The van der Waals surface area contributed by atoms with Gasteiger partial charge in [-0.05, 0) is 45.7 Å². The van der Waals surface area contributed by atoms with Gasteiger partial charge in [0.1, 0.15) is 0 Å². The lowest BCUT2D eigenvalue weighted by Gasteiger charge is -2.30. The lowest BCUT2D eigenvalue weighted by Crippen LogP contribution is -2.47. The van der Waals surface area contributed by atoms with Crippen LogP contribution in [0.25, 0.3) is 0 Å². The van der Waals surface area contributed by atoms with Crippen LogP contribution >= 0.6 is 0 Å². The molecule has 17 heavy (non-hydrogen) atoms. The molecule has 2 rings (SSSR count). The van der Waals surface area contributed by atoms with E-state index in [0.717, 1.165) is 25.9 Å². The molecule has 0 aromatic heterocycles. The zero-order valence-electron chi connectivity index (χ0n) is 10.3. The van der Waals surface area contributed by atoms with Crippen molar-refractivity contribution in [1.29, 1.82) is 0 Å². The summed E-state index contributed by atoms with van der Waals surface area (Å²) in [6.07, 6.45) is 3.16. The van der Waals surface area contributed by atoms with Crippen molar-refractivity contribution in [2.75, 3.05) is 19.7 Å². The second kappa shape index (κ2) is 5.65. The van der Waals surface area contributed by atoms with Crippen LogP contribution in [0.1, 0.15) is 32.6 Å². The predicted octanol–water partition coefficient (Wildman–Crippen LogP) is 0.225. The third-order valence-electron chi connectivity index (χ3n) is 3.54. The predicted molar refractivity (Wildman–Crippen MR) is 66.4 cm³/mol. The van der Waals surface area contributed by atoms with E-state index in [1.807, 2.05) is 6.92 Å². The van der Waals surface area contributed by atoms with Crippen molar-refractivity contribution in [1.82, 2.24) is 10.0 Å². The quantitative estimate of drug-likeness (QED) is 0.764. The smallest absolute Gasteiger partial charge is 0.214 e. The van der Waals surface area contributed by atoms with E-state index < -0.39 is 10.0 Å². The minimum atomic E-state index is -3.15. The average Bonchev–Trinajstić information content (AvgIpc) is 2.29. The fraction of sp³-hybridized carbons (Fsp3) is 1.00. The van der Waals surface area contributed by atoms with Gasteiger partial charge in [-0.2, -0.15) is 0 Å². The fourth-order valence-corrected chi connectivity index (χ4v) is 4.27. The Balaban J connectivity index is 1.91. The summed E-state index contributed by atoms with van der Waals surface area (Å²) in [6.45, 7) is 4.25. The van der Waals surface area contributed by atoms with Gasteiger partial charge in [0, 0.05) is 12.6 Å². The van der Waals surface area contributed by atoms with Crippen molar-refractivity contribution in [2.24, 2.45) is 0 Å². The van der Waals surface area contributed by atoms with Gasteiger partial charge < -0.3 is 10.1 Å². The Labute approximate surface area is 103 Å². The average molecular weight is 262 g/mol. The maximum absolute atomic E-state index is 12.2. The summed E-state index contributed by atoms with van der Waals surface area (Å²) in [7, 11) is -3.15. The van der Waals surface area contributed by atoms with Crippen molar-refractivity contribution in [2.45, 2.75) is 50.0 Å². The Bertz CT molecular complexity index is 339. The minimum absolute atomic E-state index is 0.0543. The van der Waals surface area contributed by atoms with Crippen molar-refractivity contribution >= 4 is 10.0 Å². The number of hydrogen-bond donors (Lipinski definition) is 2. The largest absolute Gasteiger partial charge is 0.378 e. The molecule has 0 amide bonds. The van der Waals surface area contributed by atoms with Crippen molar-refractivity contribution in [3.8, 4) is 0 Å². The van der Waals surface area contributed by atoms with E-state index in [-0.39, 0.29) is 17.4 Å². The molecule has 2 fully saturated rings. The first-order chi connectivity index (χ1) is 8.08. The highest BCUT2D eigenvalue weighted by Crippen LogP contribution is 2.18. The summed E-state index contributed by atoms with van der Waals surface area (Å²) in [5.74, 6) is 0. The molecule has 2 atom stereocenters. The molecule has 2 N–H and O–H groups in total. The lowest BCUT2D eigenvalue weighted by atomic mass is 10.1. The van der Waals surface area contributed by atoms with Crippen LogP contribution in [0.2, 0.25) is 0 Å². The van der Waals surface area contributed by atoms with Crippen molar-refractivity contribution in [3.63, 3.8) is 0 Å². The van der Waals surface area contributed by atoms with Crippen molar-refractivity contribution < 1.29 is 13.2 Å². The standard InChI is InChI=1S/C11H22N2O3S/c1-9-8-10(4-7-16-9)13-17(14,15)11-2-5-12-6-3-11/h9-13H,2-8H2,1H3. The molecule has 0 spiro atoms. The van der Waals surface area contributed by atoms with Gasteiger partial charge in [-0.1, -0.05) is 0 Å². The van der Waals surface area contributed by atoms with Crippen LogP contribution in [0.4, 0.5) is 0 Å². The van der Waals surface area contributed by atoms with Crippen molar-refractivity contribution in [3.05, 3.63) is 0 Å². The molecule has 0 aromatic carbocycles. The van der Waals surface area contributed by atoms with Gasteiger partial charge in [0.25, 0.3) is 0 Å². The number of rotatable bonds is 3. The summed E-state index contributed by atoms with van der Waals surface area (Å²) >= 11 is 0. The van der Waals surface area contributed by atoms with Crippen LogP contribution in [0.5, 0.6) is 0 Å². The van der Waals surface area contributed by atoms with Crippen LogP contribution in [-0.4, -0.2) is 45.5 Å². The van der Waals surface area contributed by atoms with Crippen LogP contribution in [0, 0.1) is 0 Å². The van der Waals surface area contributed by atoms with Crippen LogP contribution in [0.15, 0.2) is 0 Å². The molecular formula is C11H22N2O3S. The molecule has 0 aliphatic carbocycles. The Morgan fingerprint density at radius 1 is 1.24 bits per heavy atom. The van der Waals surface area contributed by atoms with Gasteiger partial charge in [-0.15, -0.1) is 0 Å². The molecule has 2 aliphatic heterocycles. The molecule has 2 unspecified atom stereocenters. The monoisotopic (exact) mass is 262 g/mol. The van der Waals surface area contributed by atoms with Gasteiger partial charge >= 0.3 is 0 Å². The lowest BCUT2D eigenvalue weighted by molar-refractivity contribution is 0.0172. The number of sulfonamides is 1. The Kier molecular flexibility index (Phi) is 4.41. The van der Waals surface area contributed by atoms with E-state index in [1.54, 1.807) is 0 Å². The first kappa shape index (κ1) is 13.3. The van der Waals surface area contributed by atoms with Gasteiger partial charge in [-0.3, -0.25) is 0 Å². The molecule has 0 bridgehead atoms. The normalized spacial score (nSPS) is 32.5. The molecule has 100 valence electrons. The minimum Gasteiger partial charge on any atom is -0.378 e. The number of nitrogens with one attached hydrogen (secondary N) is 2. The van der Waals surface area contributed by atoms with E-state index >= 15 is 0 Å². The highest BCUT2D eigenvalue weighted by Gasteiger charge is 2.30. The Morgan fingerprint density at radius 2 is 1.94 bits per heavy atom. The molecule has 6 heteroatoms. The first-order valence-electron chi connectivity index (χ1n) is 6.41. The van der Waals surface area contributed by atoms with Crippen LogP contribution in [0.3, 0.4) is 0 Å². The zero-order chi connectivity index (χ0) is 12.3. The highest BCUT2D eigenvalue weighted by molar-refractivity contribution is 7.90. The maximum atomic E-state index is 12.2. The molecule has 2 saturated heterocycles. The fourth-order valence-electron chi connectivity index (χ4n) is 2.54.